The van der Waals surface area contributed by atoms with E-state index in [9.17, 15) is 40.2 Å². The molecule has 0 saturated carbocycles. The molecule has 0 amide bonds. The summed E-state index contributed by atoms with van der Waals surface area (Å²) < 4.78 is 32.8. The van der Waals surface area contributed by atoms with Crippen LogP contribution in [0.1, 0.15) is 42.6 Å². The Bertz CT molecular complexity index is 1390. The molecule has 4 rings (SSSR count). The lowest BCUT2D eigenvalue weighted by atomic mass is 9.90. The van der Waals surface area contributed by atoms with E-state index in [0.717, 1.165) is 6.08 Å². The molecule has 2 aliphatic rings. The standard InChI is InChI=1S/C30H36O14/c1-30(2,29(37)38)44-28-25(36)24(35)23(34)21(42-28)13-41-22(33)8-5-14-9-16-17(12-31)26(43-27(16)20(10-14)40-4)15-6-7-18(32)19(11-15)39-3/h5-11,17,21,23-26,28,31-32,34-36H,12-13H2,1-4H3,(H,37,38)/b8-5+/t17?,21-,23-,24+,25-,26?,28+/m1/s1. The third-order valence-electron chi connectivity index (χ3n) is 7.46. The molecule has 1 fully saturated rings. The number of fused-ring (bicyclic) bond motifs is 1. The van der Waals surface area contributed by atoms with Crippen molar-refractivity contribution in [3.63, 3.8) is 0 Å². The predicted molar refractivity (Wildman–Crippen MR) is 150 cm³/mol. The van der Waals surface area contributed by atoms with E-state index in [1.165, 1.54) is 40.2 Å². The topological polar surface area (TPSA) is 211 Å². The molecule has 14 heteroatoms. The number of carboxylic acids is 1. The summed E-state index contributed by atoms with van der Waals surface area (Å²) in [7, 11) is 2.87. The van der Waals surface area contributed by atoms with Crippen LogP contribution in [0, 0.1) is 0 Å². The second-order valence-corrected chi connectivity index (χ2v) is 10.8. The van der Waals surface area contributed by atoms with Gasteiger partial charge in [-0.15, -0.1) is 0 Å². The van der Waals surface area contributed by atoms with Crippen LogP contribution in [-0.2, 0) is 23.8 Å². The zero-order valence-corrected chi connectivity index (χ0v) is 24.4. The Morgan fingerprint density at radius 2 is 1.70 bits per heavy atom. The number of aliphatic carboxylic acids is 1. The lowest BCUT2D eigenvalue weighted by molar-refractivity contribution is -0.320. The number of phenols is 1. The molecule has 2 aromatic rings. The molecular weight excluding hydrogens is 584 g/mol. The van der Waals surface area contributed by atoms with Gasteiger partial charge in [-0.2, -0.15) is 0 Å². The Morgan fingerprint density at radius 3 is 2.34 bits per heavy atom. The van der Waals surface area contributed by atoms with Crippen molar-refractivity contribution in [2.75, 3.05) is 27.4 Å². The van der Waals surface area contributed by atoms with E-state index in [-0.39, 0.29) is 18.1 Å². The molecule has 0 radical (unpaired) electrons. The van der Waals surface area contributed by atoms with Gasteiger partial charge in [-0.3, -0.25) is 0 Å². The maximum atomic E-state index is 12.5. The van der Waals surface area contributed by atoms with E-state index in [1.807, 2.05) is 0 Å². The van der Waals surface area contributed by atoms with Gasteiger partial charge in [-0.25, -0.2) is 9.59 Å². The van der Waals surface area contributed by atoms with Gasteiger partial charge in [0.25, 0.3) is 0 Å². The lowest BCUT2D eigenvalue weighted by Gasteiger charge is -2.41. The highest BCUT2D eigenvalue weighted by atomic mass is 16.7. The van der Waals surface area contributed by atoms with Crippen LogP contribution < -0.4 is 14.2 Å². The van der Waals surface area contributed by atoms with Gasteiger partial charge in [-0.1, -0.05) is 6.07 Å². The number of rotatable bonds is 11. The van der Waals surface area contributed by atoms with Gasteiger partial charge < -0.3 is 59.1 Å². The summed E-state index contributed by atoms with van der Waals surface area (Å²) in [6.07, 6.45) is -6.20. The van der Waals surface area contributed by atoms with Gasteiger partial charge in [0.05, 0.1) is 26.7 Å². The lowest BCUT2D eigenvalue weighted by Crippen LogP contribution is -2.61. The van der Waals surface area contributed by atoms with Crippen molar-refractivity contribution in [1.29, 1.82) is 0 Å². The minimum absolute atomic E-state index is 0.0437. The highest BCUT2D eigenvalue weighted by molar-refractivity contribution is 5.87. The van der Waals surface area contributed by atoms with E-state index >= 15 is 0 Å². The second kappa shape index (κ2) is 13.4. The highest BCUT2D eigenvalue weighted by Gasteiger charge is 2.47. The fourth-order valence-electron chi connectivity index (χ4n) is 4.90. The summed E-state index contributed by atoms with van der Waals surface area (Å²) in [6, 6.07) is 8.09. The van der Waals surface area contributed by atoms with Gasteiger partial charge >= 0.3 is 11.9 Å². The fourth-order valence-corrected chi connectivity index (χ4v) is 4.90. The Morgan fingerprint density at radius 1 is 1.00 bits per heavy atom. The van der Waals surface area contributed by atoms with E-state index in [0.29, 0.717) is 28.2 Å². The molecule has 0 aromatic heterocycles. The minimum Gasteiger partial charge on any atom is -0.504 e. The smallest absolute Gasteiger partial charge is 0.335 e. The van der Waals surface area contributed by atoms with Crippen LogP contribution >= 0.6 is 0 Å². The molecule has 14 nitrogen and oxygen atoms in total. The number of hydrogen-bond donors (Lipinski definition) is 6. The van der Waals surface area contributed by atoms with E-state index < -0.39 is 66.9 Å². The minimum atomic E-state index is -1.79. The van der Waals surface area contributed by atoms with Crippen LogP contribution in [-0.4, -0.2) is 106 Å². The summed E-state index contributed by atoms with van der Waals surface area (Å²) in [6.45, 7) is 1.61. The van der Waals surface area contributed by atoms with E-state index in [4.69, 9.17) is 28.4 Å². The highest BCUT2D eigenvalue weighted by Crippen LogP contribution is 2.51. The van der Waals surface area contributed by atoms with Gasteiger partial charge in [0.15, 0.2) is 34.9 Å². The molecule has 6 N–H and O–H groups in total. The van der Waals surface area contributed by atoms with Crippen LogP contribution in [0.3, 0.4) is 0 Å². The first kappa shape index (κ1) is 33.0. The molecule has 2 aromatic carbocycles. The van der Waals surface area contributed by atoms with Crippen molar-refractivity contribution in [1.82, 2.24) is 0 Å². The molecule has 2 aliphatic heterocycles. The Kier molecular flexibility index (Phi) is 10.0. The first-order valence-electron chi connectivity index (χ1n) is 13.6. The van der Waals surface area contributed by atoms with Crippen LogP contribution in [0.2, 0.25) is 0 Å². The number of aliphatic hydroxyl groups excluding tert-OH is 4. The number of benzene rings is 2. The first-order chi connectivity index (χ1) is 20.8. The van der Waals surface area contributed by atoms with Crippen LogP contribution in [0.15, 0.2) is 36.4 Å². The van der Waals surface area contributed by atoms with Crippen molar-refractivity contribution in [2.24, 2.45) is 0 Å². The number of phenolic OH excluding ortho intramolecular Hbond substituents is 1. The maximum absolute atomic E-state index is 12.5. The average Bonchev–Trinajstić information content (AvgIpc) is 3.37. The maximum Gasteiger partial charge on any atom is 0.335 e. The number of hydrogen-bond acceptors (Lipinski definition) is 13. The second-order valence-electron chi connectivity index (χ2n) is 10.8. The number of carbonyl (C=O) groups excluding carboxylic acids is 1. The van der Waals surface area contributed by atoms with Crippen molar-refractivity contribution in [3.8, 4) is 23.0 Å². The third kappa shape index (κ3) is 6.75. The summed E-state index contributed by atoms with van der Waals surface area (Å²) in [5.41, 5.74) is 0.00593. The molecule has 240 valence electrons. The molecule has 7 atom stereocenters. The van der Waals surface area contributed by atoms with Crippen LogP contribution in [0.4, 0.5) is 0 Å². The van der Waals surface area contributed by atoms with E-state index in [1.54, 1.807) is 24.3 Å². The van der Waals surface area contributed by atoms with E-state index in [2.05, 4.69) is 0 Å². The van der Waals surface area contributed by atoms with Crippen molar-refractivity contribution < 1.29 is 68.6 Å². The number of aromatic hydroxyl groups is 1. The van der Waals surface area contributed by atoms with Crippen molar-refractivity contribution in [3.05, 3.63) is 53.1 Å². The zero-order chi connectivity index (χ0) is 32.3. The first-order valence-corrected chi connectivity index (χ1v) is 13.6. The number of carbonyl (C=O) groups is 2. The summed E-state index contributed by atoms with van der Waals surface area (Å²) in [4.78, 5) is 23.9. The number of esters is 1. The van der Waals surface area contributed by atoms with Gasteiger partial charge in [0.2, 0.25) is 0 Å². The van der Waals surface area contributed by atoms with Gasteiger partial charge in [0.1, 0.15) is 37.1 Å². The van der Waals surface area contributed by atoms with Gasteiger partial charge in [0, 0.05) is 11.6 Å². The monoisotopic (exact) mass is 620 g/mol. The van der Waals surface area contributed by atoms with Crippen molar-refractivity contribution >= 4 is 18.0 Å². The quantitative estimate of drug-likeness (QED) is 0.152. The Labute approximate surface area is 252 Å². The number of ether oxygens (including phenoxy) is 6. The summed E-state index contributed by atoms with van der Waals surface area (Å²) in [5, 5.41) is 60.2. The number of methoxy groups -OCH3 is 2. The Balaban J connectivity index is 1.46. The molecule has 0 bridgehead atoms. The largest absolute Gasteiger partial charge is 0.504 e. The molecule has 2 heterocycles. The molecule has 1 saturated heterocycles. The average molecular weight is 621 g/mol. The SMILES string of the molecule is COc1cc(C2Oc3c(OC)cc(/C=C/C(=O)OC[C@H]4O[C@@H](OC(C)(C)C(=O)O)[C@H](O)[C@@H](O)[C@@H]4O)cc3C2CO)ccc1O. The zero-order valence-electron chi connectivity index (χ0n) is 24.4. The number of carboxylic acid groups (broad SMARTS) is 1. The predicted octanol–water partition coefficient (Wildman–Crippen LogP) is 0.863. The summed E-state index contributed by atoms with van der Waals surface area (Å²) >= 11 is 0. The normalized spacial score (nSPS) is 26.6. The molecule has 2 unspecified atom stereocenters. The third-order valence-corrected chi connectivity index (χ3v) is 7.46. The number of aliphatic hydroxyl groups is 4. The van der Waals surface area contributed by atoms with Crippen molar-refractivity contribution in [2.45, 2.75) is 62.2 Å². The molecular formula is C30H36O14. The summed E-state index contributed by atoms with van der Waals surface area (Å²) in [5.74, 6) is -1.73. The molecule has 0 aliphatic carbocycles. The van der Waals surface area contributed by atoms with Crippen LogP contribution in [0.5, 0.6) is 23.0 Å². The van der Waals surface area contributed by atoms with Gasteiger partial charge in [-0.05, 0) is 55.3 Å². The fraction of sp³-hybridized carbons (Fsp3) is 0.467. The molecule has 0 spiro atoms. The molecule has 44 heavy (non-hydrogen) atoms. The Hall–Kier alpha value is -3.92. The van der Waals surface area contributed by atoms with Crippen LogP contribution in [0.25, 0.3) is 6.08 Å².